The SMILES string of the molecule is COc1cccc(C2/C(=C(\O)c3cc(F)ccc3OC)C(=O)C(=O)N2c2ccccc2O)c1. The van der Waals surface area contributed by atoms with E-state index in [1.54, 1.807) is 36.4 Å². The summed E-state index contributed by atoms with van der Waals surface area (Å²) >= 11 is 0. The number of nitrogens with zero attached hydrogens (tertiary/aromatic N) is 1. The first-order chi connectivity index (χ1) is 15.9. The molecule has 1 saturated heterocycles. The van der Waals surface area contributed by atoms with Crippen LogP contribution in [-0.4, -0.2) is 36.1 Å². The molecule has 3 aromatic rings. The van der Waals surface area contributed by atoms with Crippen LogP contribution in [0.25, 0.3) is 5.76 Å². The lowest BCUT2D eigenvalue weighted by molar-refractivity contribution is -0.132. The average molecular weight is 449 g/mol. The van der Waals surface area contributed by atoms with E-state index in [1.165, 1.54) is 32.4 Å². The van der Waals surface area contributed by atoms with Crippen molar-refractivity contribution in [3.8, 4) is 17.2 Å². The van der Waals surface area contributed by atoms with Crippen LogP contribution >= 0.6 is 0 Å². The number of hydrogen-bond donors (Lipinski definition) is 2. The highest BCUT2D eigenvalue weighted by atomic mass is 19.1. The Hall–Kier alpha value is -4.33. The number of aromatic hydroxyl groups is 1. The van der Waals surface area contributed by atoms with E-state index in [2.05, 4.69) is 0 Å². The van der Waals surface area contributed by atoms with Crippen molar-refractivity contribution in [2.75, 3.05) is 19.1 Å². The summed E-state index contributed by atoms with van der Waals surface area (Å²) < 4.78 is 24.5. The van der Waals surface area contributed by atoms with Crippen LogP contribution in [0.1, 0.15) is 17.2 Å². The molecule has 1 aliphatic heterocycles. The number of halogens is 1. The normalized spacial score (nSPS) is 17.3. The number of phenols is 1. The molecule has 1 amide bonds. The van der Waals surface area contributed by atoms with Gasteiger partial charge in [-0.3, -0.25) is 14.5 Å². The molecule has 0 saturated carbocycles. The molecule has 1 heterocycles. The topological polar surface area (TPSA) is 96.3 Å². The second-order valence-corrected chi connectivity index (χ2v) is 7.28. The number of methoxy groups -OCH3 is 2. The van der Waals surface area contributed by atoms with Gasteiger partial charge in [-0.05, 0) is 48.0 Å². The molecule has 1 atom stereocenters. The van der Waals surface area contributed by atoms with E-state index in [0.29, 0.717) is 11.3 Å². The maximum absolute atomic E-state index is 14.0. The molecule has 1 unspecified atom stereocenters. The van der Waals surface area contributed by atoms with Crippen molar-refractivity contribution in [3.63, 3.8) is 0 Å². The molecule has 0 spiro atoms. The van der Waals surface area contributed by atoms with Crippen LogP contribution in [0.2, 0.25) is 0 Å². The van der Waals surface area contributed by atoms with Crippen molar-refractivity contribution in [1.29, 1.82) is 0 Å². The molecule has 168 valence electrons. The summed E-state index contributed by atoms with van der Waals surface area (Å²) in [4.78, 5) is 27.4. The van der Waals surface area contributed by atoms with Crippen molar-refractivity contribution in [2.24, 2.45) is 0 Å². The quantitative estimate of drug-likeness (QED) is 0.345. The zero-order valence-electron chi connectivity index (χ0n) is 17.8. The second-order valence-electron chi connectivity index (χ2n) is 7.28. The highest BCUT2D eigenvalue weighted by molar-refractivity contribution is 6.52. The Balaban J connectivity index is 2.02. The molecule has 33 heavy (non-hydrogen) atoms. The van der Waals surface area contributed by atoms with Crippen LogP contribution in [0, 0.1) is 5.82 Å². The summed E-state index contributed by atoms with van der Waals surface area (Å²) in [6, 6.07) is 15.0. The monoisotopic (exact) mass is 449 g/mol. The van der Waals surface area contributed by atoms with Gasteiger partial charge in [-0.25, -0.2) is 4.39 Å². The fraction of sp³-hybridized carbons (Fsp3) is 0.120. The van der Waals surface area contributed by atoms with Crippen molar-refractivity contribution in [3.05, 3.63) is 89.2 Å². The van der Waals surface area contributed by atoms with Crippen LogP contribution in [0.5, 0.6) is 17.2 Å². The number of aliphatic hydroxyl groups excluding tert-OH is 1. The van der Waals surface area contributed by atoms with E-state index in [1.807, 2.05) is 0 Å². The Labute approximate surface area is 188 Å². The number of aliphatic hydroxyl groups is 1. The van der Waals surface area contributed by atoms with Crippen molar-refractivity contribution in [2.45, 2.75) is 6.04 Å². The van der Waals surface area contributed by atoms with Gasteiger partial charge in [0.25, 0.3) is 11.7 Å². The molecular formula is C25H20FNO6. The lowest BCUT2D eigenvalue weighted by Crippen LogP contribution is -2.29. The molecule has 0 aromatic heterocycles. The number of phenolic OH excluding ortho intramolecular Hbond substituents is 1. The Morgan fingerprint density at radius 1 is 0.970 bits per heavy atom. The average Bonchev–Trinajstić information content (AvgIpc) is 3.09. The Kier molecular flexibility index (Phi) is 5.74. The molecule has 7 nitrogen and oxygen atoms in total. The third kappa shape index (κ3) is 3.76. The third-order valence-electron chi connectivity index (χ3n) is 5.41. The molecule has 0 bridgehead atoms. The first-order valence-electron chi connectivity index (χ1n) is 9.94. The van der Waals surface area contributed by atoms with Crippen LogP contribution in [0.3, 0.4) is 0 Å². The highest BCUT2D eigenvalue weighted by Crippen LogP contribution is 2.45. The minimum atomic E-state index is -1.12. The molecule has 1 aliphatic rings. The summed E-state index contributed by atoms with van der Waals surface area (Å²) in [6.07, 6.45) is 0. The van der Waals surface area contributed by atoms with E-state index in [0.717, 1.165) is 17.0 Å². The van der Waals surface area contributed by atoms with E-state index in [9.17, 15) is 24.2 Å². The van der Waals surface area contributed by atoms with Crippen LogP contribution in [0.4, 0.5) is 10.1 Å². The maximum Gasteiger partial charge on any atom is 0.300 e. The first kappa shape index (κ1) is 21.9. The molecular weight excluding hydrogens is 429 g/mol. The number of ether oxygens (including phenoxy) is 2. The Bertz CT molecular complexity index is 1290. The molecule has 1 fully saturated rings. The molecule has 4 rings (SSSR count). The van der Waals surface area contributed by atoms with Gasteiger partial charge in [0.15, 0.2) is 0 Å². The molecule has 2 N–H and O–H groups in total. The van der Waals surface area contributed by atoms with Crippen molar-refractivity contribution in [1.82, 2.24) is 0 Å². The van der Waals surface area contributed by atoms with E-state index < -0.39 is 29.3 Å². The number of anilines is 1. The van der Waals surface area contributed by atoms with Gasteiger partial charge < -0.3 is 19.7 Å². The van der Waals surface area contributed by atoms with E-state index in [-0.39, 0.29) is 28.3 Å². The number of amides is 1. The summed E-state index contributed by atoms with van der Waals surface area (Å²) in [5.74, 6) is -2.86. The summed E-state index contributed by atoms with van der Waals surface area (Å²) in [5, 5.41) is 21.6. The summed E-state index contributed by atoms with van der Waals surface area (Å²) in [5.41, 5.74) is 0.160. The number of ketones is 1. The molecule has 0 radical (unpaired) electrons. The number of carbonyl (C=O) groups excluding carboxylic acids is 2. The predicted octanol–water partition coefficient (Wildman–Crippen LogP) is 4.17. The first-order valence-corrected chi connectivity index (χ1v) is 9.94. The summed E-state index contributed by atoms with van der Waals surface area (Å²) in [6.45, 7) is 0. The smallest absolute Gasteiger partial charge is 0.300 e. The zero-order valence-corrected chi connectivity index (χ0v) is 17.8. The van der Waals surface area contributed by atoms with Crippen LogP contribution in [0.15, 0.2) is 72.3 Å². The minimum absolute atomic E-state index is 0.0812. The van der Waals surface area contributed by atoms with E-state index in [4.69, 9.17) is 9.47 Å². The fourth-order valence-corrected chi connectivity index (χ4v) is 3.89. The fourth-order valence-electron chi connectivity index (χ4n) is 3.89. The van der Waals surface area contributed by atoms with Gasteiger partial charge >= 0.3 is 0 Å². The molecule has 0 aliphatic carbocycles. The summed E-state index contributed by atoms with van der Waals surface area (Å²) in [7, 11) is 2.81. The van der Waals surface area contributed by atoms with Gasteiger partial charge in [0.05, 0.1) is 37.1 Å². The number of hydrogen-bond acceptors (Lipinski definition) is 6. The lowest BCUT2D eigenvalue weighted by Gasteiger charge is -2.26. The number of Topliss-reactive ketones (excluding diaryl/α,β-unsaturated/α-hetero) is 1. The van der Waals surface area contributed by atoms with Gasteiger partial charge in [-0.1, -0.05) is 24.3 Å². The highest BCUT2D eigenvalue weighted by Gasteiger charge is 2.48. The Morgan fingerprint density at radius 3 is 2.42 bits per heavy atom. The van der Waals surface area contributed by atoms with Gasteiger partial charge in [0.2, 0.25) is 0 Å². The van der Waals surface area contributed by atoms with Gasteiger partial charge in [0, 0.05) is 0 Å². The van der Waals surface area contributed by atoms with Crippen LogP contribution in [-0.2, 0) is 9.59 Å². The Morgan fingerprint density at radius 2 is 1.73 bits per heavy atom. The largest absolute Gasteiger partial charge is 0.507 e. The predicted molar refractivity (Wildman–Crippen MR) is 119 cm³/mol. The van der Waals surface area contributed by atoms with E-state index >= 15 is 0 Å². The van der Waals surface area contributed by atoms with Crippen LogP contribution < -0.4 is 14.4 Å². The number of benzene rings is 3. The molecule has 8 heteroatoms. The van der Waals surface area contributed by atoms with Gasteiger partial charge in [0.1, 0.15) is 28.8 Å². The van der Waals surface area contributed by atoms with Gasteiger partial charge in [-0.2, -0.15) is 0 Å². The van der Waals surface area contributed by atoms with Gasteiger partial charge in [-0.15, -0.1) is 0 Å². The number of rotatable bonds is 5. The standard InChI is InChI=1S/C25H20FNO6/c1-32-16-7-5-6-14(12-16)22-21(23(29)17-13-15(26)10-11-20(17)33-2)24(30)25(31)27(22)18-8-3-4-9-19(18)28/h3-13,22,28-29H,1-2H3/b23-21+. The number of carbonyl (C=O) groups is 2. The maximum atomic E-state index is 14.0. The molecule has 3 aromatic carbocycles. The zero-order chi connectivity index (χ0) is 23.7. The van der Waals surface area contributed by atoms with Crippen molar-refractivity contribution >= 4 is 23.1 Å². The lowest BCUT2D eigenvalue weighted by atomic mass is 9.94. The number of para-hydroxylation sites is 2. The third-order valence-corrected chi connectivity index (χ3v) is 5.41. The van der Waals surface area contributed by atoms with Crippen molar-refractivity contribution < 1.29 is 33.7 Å². The minimum Gasteiger partial charge on any atom is -0.507 e. The second kappa shape index (κ2) is 8.66.